The molecule has 2 aromatic carbocycles. The predicted octanol–water partition coefficient (Wildman–Crippen LogP) is 5.58. The Morgan fingerprint density at radius 3 is 2.42 bits per heavy atom. The van der Waals surface area contributed by atoms with Gasteiger partial charge in [0.05, 0.1) is 13.2 Å². The average Bonchev–Trinajstić information content (AvgIpc) is 3.34. The molecule has 7 heteroatoms. The highest BCUT2D eigenvalue weighted by Gasteiger charge is 2.22. The number of aromatic amines is 1. The number of methoxy groups -OCH3 is 1. The molecule has 0 fully saturated rings. The average molecular weight is 522 g/mol. The van der Waals surface area contributed by atoms with Crippen molar-refractivity contribution in [3.8, 4) is 5.75 Å². The number of benzene rings is 2. The number of unbranched alkanes of at least 4 members (excludes halogenated alkanes) is 2. The van der Waals surface area contributed by atoms with E-state index in [2.05, 4.69) is 24.0 Å². The second-order valence-corrected chi connectivity index (χ2v) is 9.62. The molecule has 0 saturated carbocycles. The van der Waals surface area contributed by atoms with Crippen LogP contribution in [-0.4, -0.2) is 66.6 Å². The maximum absolute atomic E-state index is 13.7. The van der Waals surface area contributed by atoms with Crippen LogP contribution in [-0.2, 0) is 27.3 Å². The van der Waals surface area contributed by atoms with E-state index < -0.39 is 0 Å². The summed E-state index contributed by atoms with van der Waals surface area (Å²) in [4.78, 5) is 33.6. The van der Waals surface area contributed by atoms with Crippen LogP contribution in [0.4, 0.5) is 0 Å². The maximum Gasteiger partial charge on any atom is 0.242 e. The zero-order valence-corrected chi connectivity index (χ0v) is 23.2. The number of nitrogens with zero attached hydrogens (tertiary/aromatic N) is 2. The number of hydrogen-bond acceptors (Lipinski definition) is 4. The van der Waals surface area contributed by atoms with Gasteiger partial charge < -0.3 is 24.3 Å². The van der Waals surface area contributed by atoms with Gasteiger partial charge in [-0.3, -0.25) is 9.59 Å². The van der Waals surface area contributed by atoms with Crippen LogP contribution in [0, 0.1) is 0 Å². The van der Waals surface area contributed by atoms with Crippen LogP contribution in [0.2, 0.25) is 0 Å². The van der Waals surface area contributed by atoms with Crippen molar-refractivity contribution in [2.24, 2.45) is 0 Å². The fourth-order valence-electron chi connectivity index (χ4n) is 4.60. The Hall–Kier alpha value is -3.32. The Bertz CT molecular complexity index is 1130. The molecule has 0 aliphatic heterocycles. The molecule has 0 aliphatic carbocycles. The summed E-state index contributed by atoms with van der Waals surface area (Å²) in [5.74, 6) is 0.815. The summed E-state index contributed by atoms with van der Waals surface area (Å²) in [5.41, 5.74) is 3.30. The number of H-pyrrole nitrogens is 1. The van der Waals surface area contributed by atoms with Gasteiger partial charge in [0.2, 0.25) is 11.8 Å². The highest BCUT2D eigenvalue weighted by Crippen LogP contribution is 2.20. The number of amides is 2. The summed E-state index contributed by atoms with van der Waals surface area (Å²) in [7, 11) is 1.65. The third kappa shape index (κ3) is 8.91. The molecule has 0 atom stereocenters. The molecule has 0 spiro atoms. The Labute approximate surface area is 227 Å². The van der Waals surface area contributed by atoms with Crippen molar-refractivity contribution in [3.05, 3.63) is 65.9 Å². The van der Waals surface area contributed by atoms with E-state index in [1.54, 1.807) is 12.0 Å². The summed E-state index contributed by atoms with van der Waals surface area (Å²) < 4.78 is 10.8. The van der Waals surface area contributed by atoms with Crippen molar-refractivity contribution < 1.29 is 19.1 Å². The zero-order chi connectivity index (χ0) is 27.2. The third-order valence-corrected chi connectivity index (χ3v) is 6.74. The van der Waals surface area contributed by atoms with Crippen molar-refractivity contribution >= 4 is 22.7 Å². The van der Waals surface area contributed by atoms with Gasteiger partial charge in [-0.2, -0.15) is 0 Å². The largest absolute Gasteiger partial charge is 0.494 e. The van der Waals surface area contributed by atoms with E-state index >= 15 is 0 Å². The van der Waals surface area contributed by atoms with Crippen LogP contribution in [0.1, 0.15) is 57.1 Å². The van der Waals surface area contributed by atoms with Crippen LogP contribution in [0.5, 0.6) is 5.75 Å². The number of aromatic nitrogens is 1. The Morgan fingerprint density at radius 1 is 0.895 bits per heavy atom. The van der Waals surface area contributed by atoms with E-state index in [1.165, 1.54) is 10.9 Å². The second kappa shape index (κ2) is 15.8. The normalized spacial score (nSPS) is 11.0. The number of fused-ring (bicyclic) bond motifs is 1. The first-order valence-electron chi connectivity index (χ1n) is 13.9. The molecule has 7 nitrogen and oxygen atoms in total. The van der Waals surface area contributed by atoms with Gasteiger partial charge in [0, 0.05) is 56.9 Å². The zero-order valence-electron chi connectivity index (χ0n) is 23.2. The summed E-state index contributed by atoms with van der Waals surface area (Å²) in [6.07, 6.45) is 6.85. The third-order valence-electron chi connectivity index (χ3n) is 6.74. The number of carbonyl (C=O) groups excluding carboxylic acids is 2. The SMILES string of the molecule is CCCCCC(=O)N(CCCOC)CC(=O)N(CCc1c[nH]c2ccccc12)Cc1ccc(OCC)cc1. The number of hydrogen-bond donors (Lipinski definition) is 1. The predicted molar refractivity (Wildman–Crippen MR) is 152 cm³/mol. The van der Waals surface area contributed by atoms with Crippen LogP contribution >= 0.6 is 0 Å². The highest BCUT2D eigenvalue weighted by molar-refractivity contribution is 5.85. The molecule has 2 amide bonds. The molecule has 0 aliphatic rings. The lowest BCUT2D eigenvalue weighted by Gasteiger charge is -2.28. The van der Waals surface area contributed by atoms with Gasteiger partial charge in [-0.05, 0) is 55.5 Å². The maximum atomic E-state index is 13.7. The fourth-order valence-corrected chi connectivity index (χ4v) is 4.60. The molecule has 1 heterocycles. The lowest BCUT2D eigenvalue weighted by Crippen LogP contribution is -2.44. The van der Waals surface area contributed by atoms with E-state index in [1.807, 2.05) is 54.4 Å². The van der Waals surface area contributed by atoms with Crippen LogP contribution in [0.15, 0.2) is 54.7 Å². The van der Waals surface area contributed by atoms with Crippen molar-refractivity contribution in [3.63, 3.8) is 0 Å². The van der Waals surface area contributed by atoms with E-state index in [0.29, 0.717) is 45.7 Å². The summed E-state index contributed by atoms with van der Waals surface area (Å²) in [5, 5.41) is 1.17. The second-order valence-electron chi connectivity index (χ2n) is 9.62. The summed E-state index contributed by atoms with van der Waals surface area (Å²) >= 11 is 0. The number of carbonyl (C=O) groups is 2. The Balaban J connectivity index is 1.75. The van der Waals surface area contributed by atoms with Crippen molar-refractivity contribution in [1.82, 2.24) is 14.8 Å². The van der Waals surface area contributed by atoms with Gasteiger partial charge in [-0.1, -0.05) is 50.1 Å². The summed E-state index contributed by atoms with van der Waals surface area (Å²) in [6, 6.07) is 16.1. The first kappa shape index (κ1) is 29.2. The van der Waals surface area contributed by atoms with Gasteiger partial charge in [0.15, 0.2) is 0 Å². The first-order chi connectivity index (χ1) is 18.5. The standard InChI is InChI=1S/C31H43N3O4/c1-4-6-7-13-30(35)33(19-10-21-37-3)24-31(36)34(23-25-14-16-27(17-15-25)38-5-2)20-18-26-22-32-29-12-9-8-11-28(26)29/h8-9,11-12,14-17,22,32H,4-7,10,13,18-21,23-24H2,1-3H3. The molecular weight excluding hydrogens is 478 g/mol. The number of ether oxygens (including phenoxy) is 2. The molecule has 1 aromatic heterocycles. The van der Waals surface area contributed by atoms with E-state index in [9.17, 15) is 9.59 Å². The minimum atomic E-state index is -0.0417. The Morgan fingerprint density at radius 2 is 1.68 bits per heavy atom. The van der Waals surface area contributed by atoms with E-state index in [-0.39, 0.29) is 18.4 Å². The molecular formula is C31H43N3O4. The minimum absolute atomic E-state index is 0.0417. The summed E-state index contributed by atoms with van der Waals surface area (Å²) in [6.45, 7) is 6.89. The van der Waals surface area contributed by atoms with Gasteiger partial charge in [0.1, 0.15) is 5.75 Å². The molecule has 3 rings (SSSR count). The van der Waals surface area contributed by atoms with Crippen LogP contribution in [0.25, 0.3) is 10.9 Å². The lowest BCUT2D eigenvalue weighted by molar-refractivity contribution is -0.141. The quantitative estimate of drug-likeness (QED) is 0.235. The molecule has 0 radical (unpaired) electrons. The van der Waals surface area contributed by atoms with Crippen molar-refractivity contribution in [2.75, 3.05) is 40.0 Å². The van der Waals surface area contributed by atoms with Crippen LogP contribution < -0.4 is 4.74 Å². The van der Waals surface area contributed by atoms with Gasteiger partial charge in [-0.15, -0.1) is 0 Å². The van der Waals surface area contributed by atoms with E-state index in [0.717, 1.165) is 42.5 Å². The smallest absolute Gasteiger partial charge is 0.242 e. The topological polar surface area (TPSA) is 74.9 Å². The van der Waals surface area contributed by atoms with Crippen LogP contribution in [0.3, 0.4) is 0 Å². The molecule has 0 unspecified atom stereocenters. The number of para-hydroxylation sites is 1. The number of nitrogens with one attached hydrogen (secondary N) is 1. The first-order valence-corrected chi connectivity index (χ1v) is 13.9. The fraction of sp³-hybridized carbons (Fsp3) is 0.484. The molecule has 0 bridgehead atoms. The minimum Gasteiger partial charge on any atom is -0.494 e. The molecule has 0 saturated heterocycles. The molecule has 206 valence electrons. The lowest BCUT2D eigenvalue weighted by atomic mass is 10.1. The van der Waals surface area contributed by atoms with Crippen molar-refractivity contribution in [2.45, 2.75) is 58.9 Å². The monoisotopic (exact) mass is 521 g/mol. The molecule has 3 aromatic rings. The van der Waals surface area contributed by atoms with Crippen molar-refractivity contribution in [1.29, 1.82) is 0 Å². The molecule has 1 N–H and O–H groups in total. The number of rotatable bonds is 17. The highest BCUT2D eigenvalue weighted by atomic mass is 16.5. The Kier molecular flexibility index (Phi) is 12.2. The van der Waals surface area contributed by atoms with Gasteiger partial charge in [0.25, 0.3) is 0 Å². The van der Waals surface area contributed by atoms with Gasteiger partial charge in [-0.25, -0.2) is 0 Å². The van der Waals surface area contributed by atoms with E-state index in [4.69, 9.17) is 9.47 Å². The molecule has 38 heavy (non-hydrogen) atoms. The van der Waals surface area contributed by atoms with Gasteiger partial charge >= 0.3 is 0 Å².